The molecular weight excluding hydrogens is 182 g/mol. The summed E-state index contributed by atoms with van der Waals surface area (Å²) in [5.41, 5.74) is 14.8. The number of aliphatic hydroxyl groups is 1. The molecule has 0 bridgehead atoms. The van der Waals surface area contributed by atoms with E-state index in [1.807, 2.05) is 0 Å². The van der Waals surface area contributed by atoms with Crippen molar-refractivity contribution in [3.05, 3.63) is 0 Å². The maximum atomic E-state index is 9.86. The predicted molar refractivity (Wildman–Crippen MR) is 55.6 cm³/mol. The molecule has 0 amide bonds. The van der Waals surface area contributed by atoms with Crippen molar-refractivity contribution in [1.82, 2.24) is 0 Å². The van der Waals surface area contributed by atoms with Gasteiger partial charge in [0.05, 0.1) is 12.1 Å². The number of nitrogens with two attached hydrogens (primary N) is 3. The van der Waals surface area contributed by atoms with Crippen LogP contribution in [0.4, 0.5) is 0 Å². The molecule has 1 rings (SSSR count). The number of hydrogen-bond donors (Lipinski definition) is 4. The Bertz CT molecular complexity index is 263. The van der Waals surface area contributed by atoms with Crippen LogP contribution in [0.25, 0.3) is 0 Å². The lowest BCUT2D eigenvalue weighted by Crippen LogP contribution is -2.32. The summed E-state index contributed by atoms with van der Waals surface area (Å²) in [5.74, 6) is 0.210. The summed E-state index contributed by atoms with van der Waals surface area (Å²) >= 11 is 0. The molecule has 0 spiro atoms. The van der Waals surface area contributed by atoms with Gasteiger partial charge in [-0.2, -0.15) is 4.99 Å². The van der Waals surface area contributed by atoms with E-state index < -0.39 is 5.60 Å². The average molecular weight is 199 g/mol. The van der Waals surface area contributed by atoms with Crippen LogP contribution < -0.4 is 17.2 Å². The van der Waals surface area contributed by atoms with Gasteiger partial charge >= 0.3 is 0 Å². The third-order valence-electron chi connectivity index (χ3n) is 2.26. The van der Waals surface area contributed by atoms with Gasteiger partial charge in [0.25, 0.3) is 0 Å². The molecule has 1 fully saturated rings. The fourth-order valence-electron chi connectivity index (χ4n) is 1.24. The van der Waals surface area contributed by atoms with E-state index in [4.69, 9.17) is 17.2 Å². The Morgan fingerprint density at radius 2 is 2.00 bits per heavy atom. The van der Waals surface area contributed by atoms with Gasteiger partial charge in [-0.3, -0.25) is 0 Å². The number of rotatable bonds is 3. The van der Waals surface area contributed by atoms with Crippen LogP contribution >= 0.6 is 0 Å². The van der Waals surface area contributed by atoms with Crippen molar-refractivity contribution in [1.29, 1.82) is 0 Å². The zero-order valence-electron chi connectivity index (χ0n) is 8.27. The minimum absolute atomic E-state index is 0.00549. The Hall–Kier alpha value is -1.30. The number of guanidine groups is 2. The molecule has 1 atom stereocenters. The van der Waals surface area contributed by atoms with Crippen LogP contribution in [0.1, 0.15) is 19.8 Å². The molecule has 0 aromatic carbocycles. The molecule has 14 heavy (non-hydrogen) atoms. The predicted octanol–water partition coefficient (Wildman–Crippen LogP) is -1.26. The maximum absolute atomic E-state index is 9.86. The van der Waals surface area contributed by atoms with Gasteiger partial charge in [-0.05, 0) is 25.7 Å². The number of hydrogen-bond acceptors (Lipinski definition) is 2. The van der Waals surface area contributed by atoms with Gasteiger partial charge in [0.15, 0.2) is 5.96 Å². The number of aliphatic imine (C=N–C) groups is 2. The van der Waals surface area contributed by atoms with Crippen LogP contribution in [0, 0.1) is 5.92 Å². The van der Waals surface area contributed by atoms with Gasteiger partial charge in [-0.15, -0.1) is 0 Å². The zero-order chi connectivity index (χ0) is 10.8. The van der Waals surface area contributed by atoms with Crippen LogP contribution in [0.15, 0.2) is 9.98 Å². The summed E-state index contributed by atoms with van der Waals surface area (Å²) in [5, 5.41) is 9.86. The molecule has 0 heterocycles. The Labute approximate surface area is 82.9 Å². The smallest absolute Gasteiger partial charge is 0.218 e. The lowest BCUT2D eigenvalue weighted by Gasteiger charge is -2.19. The van der Waals surface area contributed by atoms with Crippen molar-refractivity contribution >= 4 is 11.9 Å². The summed E-state index contributed by atoms with van der Waals surface area (Å²) in [6.45, 7) is 1.98. The topological polar surface area (TPSA) is 123 Å². The van der Waals surface area contributed by atoms with Crippen molar-refractivity contribution in [2.75, 3.05) is 6.54 Å². The summed E-state index contributed by atoms with van der Waals surface area (Å²) in [6, 6.07) is 0. The lowest BCUT2D eigenvalue weighted by molar-refractivity contribution is 0.0465. The molecule has 6 heteroatoms. The van der Waals surface area contributed by atoms with E-state index in [0.717, 1.165) is 12.8 Å². The van der Waals surface area contributed by atoms with E-state index in [0.29, 0.717) is 5.92 Å². The fourth-order valence-corrected chi connectivity index (χ4v) is 1.24. The van der Waals surface area contributed by atoms with Gasteiger partial charge in [0.2, 0.25) is 5.96 Å². The second-order valence-corrected chi connectivity index (χ2v) is 3.84. The van der Waals surface area contributed by atoms with Crippen molar-refractivity contribution in [2.45, 2.75) is 25.4 Å². The minimum Gasteiger partial charge on any atom is -0.388 e. The summed E-state index contributed by atoms with van der Waals surface area (Å²) in [7, 11) is 0. The molecule has 7 N–H and O–H groups in total. The molecule has 6 nitrogen and oxygen atoms in total. The van der Waals surface area contributed by atoms with Gasteiger partial charge in [-0.25, -0.2) is 4.99 Å². The molecule has 0 radical (unpaired) electrons. The van der Waals surface area contributed by atoms with Crippen molar-refractivity contribution < 1.29 is 5.11 Å². The first-order chi connectivity index (χ1) is 6.42. The average Bonchev–Trinajstić information content (AvgIpc) is 2.81. The fraction of sp³-hybridized carbons (Fsp3) is 0.750. The Morgan fingerprint density at radius 3 is 2.43 bits per heavy atom. The van der Waals surface area contributed by atoms with E-state index in [9.17, 15) is 5.11 Å². The van der Waals surface area contributed by atoms with Crippen LogP contribution in [0.5, 0.6) is 0 Å². The normalized spacial score (nSPS) is 21.4. The van der Waals surface area contributed by atoms with E-state index >= 15 is 0 Å². The van der Waals surface area contributed by atoms with E-state index in [2.05, 4.69) is 9.98 Å². The SMILES string of the molecule is CC(O)(CN=C(N)N=C(N)N)C1CC1. The van der Waals surface area contributed by atoms with E-state index in [1.165, 1.54) is 0 Å². The van der Waals surface area contributed by atoms with Gasteiger partial charge in [-0.1, -0.05) is 0 Å². The van der Waals surface area contributed by atoms with Crippen LogP contribution in [-0.4, -0.2) is 29.2 Å². The Morgan fingerprint density at radius 1 is 1.43 bits per heavy atom. The quantitative estimate of drug-likeness (QED) is 0.334. The molecule has 1 saturated carbocycles. The van der Waals surface area contributed by atoms with Crippen LogP contribution in [0.2, 0.25) is 0 Å². The molecule has 1 aliphatic rings. The number of nitrogens with zero attached hydrogens (tertiary/aromatic N) is 2. The largest absolute Gasteiger partial charge is 0.388 e. The standard InChI is InChI=1S/C8H17N5O/c1-8(14,5-2-3-5)4-12-7(11)13-6(9)10/h5,14H,2-4H2,1H3,(H6,9,10,11,12,13). The second kappa shape index (κ2) is 3.83. The first-order valence-electron chi connectivity index (χ1n) is 4.54. The Balaban J connectivity index is 2.48. The molecular formula is C8H17N5O. The van der Waals surface area contributed by atoms with Crippen LogP contribution in [0.3, 0.4) is 0 Å². The van der Waals surface area contributed by atoms with E-state index in [1.54, 1.807) is 6.92 Å². The van der Waals surface area contributed by atoms with Crippen LogP contribution in [-0.2, 0) is 0 Å². The molecule has 0 aliphatic heterocycles. The van der Waals surface area contributed by atoms with Gasteiger partial charge in [0, 0.05) is 0 Å². The molecule has 0 aromatic heterocycles. The molecule has 1 unspecified atom stereocenters. The van der Waals surface area contributed by atoms with E-state index in [-0.39, 0.29) is 18.5 Å². The Kier molecular flexibility index (Phi) is 2.95. The third-order valence-corrected chi connectivity index (χ3v) is 2.26. The first kappa shape index (κ1) is 10.8. The van der Waals surface area contributed by atoms with Crippen molar-refractivity contribution in [2.24, 2.45) is 33.1 Å². The molecule has 0 saturated heterocycles. The summed E-state index contributed by atoms with van der Waals surface area (Å²) in [6.07, 6.45) is 2.09. The van der Waals surface area contributed by atoms with Gasteiger partial charge in [0.1, 0.15) is 0 Å². The van der Waals surface area contributed by atoms with Crippen molar-refractivity contribution in [3.63, 3.8) is 0 Å². The van der Waals surface area contributed by atoms with Gasteiger partial charge < -0.3 is 22.3 Å². The highest BCUT2D eigenvalue weighted by atomic mass is 16.3. The third kappa shape index (κ3) is 3.21. The highest BCUT2D eigenvalue weighted by molar-refractivity contribution is 5.92. The molecule has 80 valence electrons. The zero-order valence-corrected chi connectivity index (χ0v) is 8.27. The second-order valence-electron chi connectivity index (χ2n) is 3.84. The van der Waals surface area contributed by atoms with Crippen molar-refractivity contribution in [3.8, 4) is 0 Å². The monoisotopic (exact) mass is 199 g/mol. The first-order valence-corrected chi connectivity index (χ1v) is 4.54. The summed E-state index contributed by atoms with van der Waals surface area (Å²) < 4.78 is 0. The highest BCUT2D eigenvalue weighted by Gasteiger charge is 2.39. The minimum atomic E-state index is -0.788. The highest BCUT2D eigenvalue weighted by Crippen LogP contribution is 2.39. The summed E-state index contributed by atoms with van der Waals surface area (Å²) in [4.78, 5) is 7.44. The molecule has 0 aromatic rings. The maximum Gasteiger partial charge on any atom is 0.218 e. The molecule has 1 aliphatic carbocycles. The lowest BCUT2D eigenvalue weighted by atomic mass is 10.0.